The number of nitrogens with zero attached hydrogens (tertiary/aromatic N) is 2. The van der Waals surface area contributed by atoms with Crippen LogP contribution in [-0.4, -0.2) is 50.2 Å². The predicted octanol–water partition coefficient (Wildman–Crippen LogP) is 0.634. The Hall–Kier alpha value is -1.44. The zero-order valence-corrected chi connectivity index (χ0v) is 13.6. The Kier molecular flexibility index (Phi) is 6.32. The Morgan fingerprint density at radius 3 is 2.38 bits per heavy atom. The lowest BCUT2D eigenvalue weighted by atomic mass is 10.2. The van der Waals surface area contributed by atoms with Crippen LogP contribution in [0, 0.1) is 0 Å². The summed E-state index contributed by atoms with van der Waals surface area (Å²) >= 11 is 0. The van der Waals surface area contributed by atoms with Crippen LogP contribution in [0.4, 0.5) is 0 Å². The number of sulfonamides is 1. The van der Waals surface area contributed by atoms with Crippen molar-refractivity contribution in [2.24, 2.45) is 5.73 Å². The van der Waals surface area contributed by atoms with Gasteiger partial charge in [0, 0.05) is 26.7 Å². The van der Waals surface area contributed by atoms with E-state index in [-0.39, 0.29) is 23.9 Å². The molecule has 0 saturated heterocycles. The molecule has 0 atom stereocenters. The van der Waals surface area contributed by atoms with Gasteiger partial charge in [-0.1, -0.05) is 12.1 Å². The van der Waals surface area contributed by atoms with Crippen LogP contribution in [0.5, 0.6) is 0 Å². The molecule has 7 heteroatoms. The van der Waals surface area contributed by atoms with E-state index in [9.17, 15) is 13.2 Å². The highest BCUT2D eigenvalue weighted by Crippen LogP contribution is 2.16. The molecule has 2 N–H and O–H groups in total. The smallest absolute Gasteiger partial charge is 0.243 e. The van der Waals surface area contributed by atoms with Gasteiger partial charge in [-0.15, -0.1) is 0 Å². The number of likely N-dealkylation sites (N-methyl/N-ethyl adjacent to an activating group) is 2. The topological polar surface area (TPSA) is 83.7 Å². The third-order valence-corrected chi connectivity index (χ3v) is 5.12. The highest BCUT2D eigenvalue weighted by atomic mass is 32.2. The minimum absolute atomic E-state index is 0.153. The Balaban J connectivity index is 2.94. The van der Waals surface area contributed by atoms with E-state index in [0.717, 1.165) is 9.87 Å². The molecule has 1 aromatic carbocycles. The van der Waals surface area contributed by atoms with E-state index in [1.807, 2.05) is 13.8 Å². The van der Waals surface area contributed by atoms with Gasteiger partial charge in [-0.25, -0.2) is 8.42 Å². The Morgan fingerprint density at radius 1 is 1.24 bits per heavy atom. The molecule has 0 radical (unpaired) electrons. The molecular formula is C14H23N3O3S. The summed E-state index contributed by atoms with van der Waals surface area (Å²) in [5, 5.41) is 0. The van der Waals surface area contributed by atoms with Gasteiger partial charge in [-0.05, 0) is 31.5 Å². The second kappa shape index (κ2) is 7.53. The van der Waals surface area contributed by atoms with E-state index in [1.165, 1.54) is 19.2 Å². The number of rotatable bonds is 7. The maximum absolute atomic E-state index is 12.4. The number of hydrogen-bond acceptors (Lipinski definition) is 4. The Morgan fingerprint density at radius 2 is 1.86 bits per heavy atom. The molecule has 0 bridgehead atoms. The van der Waals surface area contributed by atoms with Gasteiger partial charge in [0.15, 0.2) is 0 Å². The first-order chi connectivity index (χ1) is 9.86. The molecule has 1 rings (SSSR count). The lowest BCUT2D eigenvalue weighted by Crippen LogP contribution is -2.41. The highest BCUT2D eigenvalue weighted by molar-refractivity contribution is 7.89. The first kappa shape index (κ1) is 17.6. The van der Waals surface area contributed by atoms with Crippen LogP contribution in [-0.2, 0) is 21.4 Å². The molecule has 0 spiro atoms. The van der Waals surface area contributed by atoms with Crippen molar-refractivity contribution in [3.05, 3.63) is 29.8 Å². The number of nitrogens with two attached hydrogens (primary N) is 1. The van der Waals surface area contributed by atoms with Crippen LogP contribution in [0.15, 0.2) is 29.2 Å². The van der Waals surface area contributed by atoms with Crippen molar-refractivity contribution in [1.82, 2.24) is 9.21 Å². The van der Waals surface area contributed by atoms with Crippen LogP contribution in [0.2, 0.25) is 0 Å². The van der Waals surface area contributed by atoms with Crippen LogP contribution in [0.3, 0.4) is 0 Å². The number of carbonyl (C=O) groups is 1. The lowest BCUT2D eigenvalue weighted by molar-refractivity contribution is -0.130. The molecule has 0 saturated carbocycles. The van der Waals surface area contributed by atoms with Gasteiger partial charge in [-0.2, -0.15) is 4.31 Å². The van der Waals surface area contributed by atoms with Crippen LogP contribution >= 0.6 is 0 Å². The molecule has 0 unspecified atom stereocenters. The fraction of sp³-hybridized carbons (Fsp3) is 0.500. The Bertz CT molecular complexity index is 583. The van der Waals surface area contributed by atoms with Crippen molar-refractivity contribution in [3.8, 4) is 0 Å². The fourth-order valence-electron chi connectivity index (χ4n) is 1.96. The molecule has 118 valence electrons. The van der Waals surface area contributed by atoms with Crippen LogP contribution < -0.4 is 5.73 Å². The summed E-state index contributed by atoms with van der Waals surface area (Å²) in [6.45, 7) is 4.95. The quantitative estimate of drug-likeness (QED) is 0.800. The highest BCUT2D eigenvalue weighted by Gasteiger charge is 2.24. The van der Waals surface area contributed by atoms with Gasteiger partial charge in [0.05, 0.1) is 11.4 Å². The van der Waals surface area contributed by atoms with E-state index in [0.29, 0.717) is 13.1 Å². The molecule has 0 heterocycles. The molecular weight excluding hydrogens is 290 g/mol. The van der Waals surface area contributed by atoms with Crippen LogP contribution in [0.25, 0.3) is 0 Å². The van der Waals surface area contributed by atoms with E-state index >= 15 is 0 Å². The third-order valence-electron chi connectivity index (χ3n) is 3.32. The molecule has 21 heavy (non-hydrogen) atoms. The van der Waals surface area contributed by atoms with Gasteiger partial charge in [0.25, 0.3) is 0 Å². The molecule has 0 aliphatic rings. The average molecular weight is 313 g/mol. The molecule has 1 amide bonds. The Labute approximate surface area is 126 Å². The SMILES string of the molecule is CCN(CC)C(=O)CN(C)S(=O)(=O)c1cccc(CN)c1. The normalized spacial score (nSPS) is 11.7. The minimum Gasteiger partial charge on any atom is -0.342 e. The summed E-state index contributed by atoms with van der Waals surface area (Å²) in [6, 6.07) is 6.45. The standard InChI is InChI=1S/C14H23N3O3S/c1-4-17(5-2)14(18)11-16(3)21(19,20)13-8-6-7-12(9-13)10-15/h6-9H,4-5,10-11,15H2,1-3H3. The van der Waals surface area contributed by atoms with E-state index in [4.69, 9.17) is 5.73 Å². The second-order valence-corrected chi connectivity index (χ2v) is 6.72. The molecule has 0 aliphatic heterocycles. The van der Waals surface area contributed by atoms with Crippen molar-refractivity contribution >= 4 is 15.9 Å². The minimum atomic E-state index is -3.69. The van der Waals surface area contributed by atoms with E-state index in [2.05, 4.69) is 0 Å². The summed E-state index contributed by atoms with van der Waals surface area (Å²) in [5.74, 6) is -0.207. The lowest BCUT2D eigenvalue weighted by Gasteiger charge is -2.23. The maximum atomic E-state index is 12.4. The van der Waals surface area contributed by atoms with Crippen molar-refractivity contribution in [1.29, 1.82) is 0 Å². The van der Waals surface area contributed by atoms with Gasteiger partial charge in [0.1, 0.15) is 0 Å². The largest absolute Gasteiger partial charge is 0.342 e. The second-order valence-electron chi connectivity index (χ2n) is 4.68. The number of benzene rings is 1. The first-order valence-corrected chi connectivity index (χ1v) is 8.33. The van der Waals surface area contributed by atoms with Gasteiger partial charge in [-0.3, -0.25) is 4.79 Å². The molecule has 0 aliphatic carbocycles. The van der Waals surface area contributed by atoms with Crippen molar-refractivity contribution in [3.63, 3.8) is 0 Å². The molecule has 0 aromatic heterocycles. The summed E-state index contributed by atoms with van der Waals surface area (Å²) < 4.78 is 26.0. The first-order valence-electron chi connectivity index (χ1n) is 6.89. The maximum Gasteiger partial charge on any atom is 0.243 e. The average Bonchev–Trinajstić information content (AvgIpc) is 2.48. The van der Waals surface area contributed by atoms with Gasteiger partial charge in [0.2, 0.25) is 15.9 Å². The van der Waals surface area contributed by atoms with E-state index < -0.39 is 10.0 Å². The number of amides is 1. The molecule has 6 nitrogen and oxygen atoms in total. The number of hydrogen-bond donors (Lipinski definition) is 1. The predicted molar refractivity (Wildman–Crippen MR) is 82.1 cm³/mol. The summed E-state index contributed by atoms with van der Waals surface area (Å²) in [4.78, 5) is 13.8. The zero-order chi connectivity index (χ0) is 16.0. The van der Waals surface area contributed by atoms with E-state index in [1.54, 1.807) is 17.0 Å². The zero-order valence-electron chi connectivity index (χ0n) is 12.7. The van der Waals surface area contributed by atoms with Crippen molar-refractivity contribution in [2.45, 2.75) is 25.3 Å². The molecule has 1 aromatic rings. The summed E-state index contributed by atoms with van der Waals surface area (Å²) in [6.07, 6.45) is 0. The van der Waals surface area contributed by atoms with Crippen molar-refractivity contribution < 1.29 is 13.2 Å². The van der Waals surface area contributed by atoms with Crippen LogP contribution in [0.1, 0.15) is 19.4 Å². The third kappa shape index (κ3) is 4.26. The molecule has 0 fully saturated rings. The summed E-state index contributed by atoms with van der Waals surface area (Å²) in [5.41, 5.74) is 6.26. The fourth-order valence-corrected chi connectivity index (χ4v) is 3.16. The van der Waals surface area contributed by atoms with Gasteiger partial charge < -0.3 is 10.6 Å². The monoisotopic (exact) mass is 313 g/mol. The summed E-state index contributed by atoms with van der Waals surface area (Å²) in [7, 11) is -2.28. The van der Waals surface area contributed by atoms with Crippen molar-refractivity contribution in [2.75, 3.05) is 26.7 Å². The number of carbonyl (C=O) groups excluding carboxylic acids is 1. The van der Waals surface area contributed by atoms with Gasteiger partial charge >= 0.3 is 0 Å².